The molecule has 162 valence electrons. The molecule has 1 aromatic rings. The molecule has 0 unspecified atom stereocenters. The van der Waals surface area contributed by atoms with Gasteiger partial charge in [0.1, 0.15) is 0 Å². The molecule has 0 aliphatic carbocycles. The maximum absolute atomic E-state index is 5.97. The minimum Gasteiger partial charge on any atom is -0.360 e. The number of pyridine rings is 1. The fourth-order valence-corrected chi connectivity index (χ4v) is 5.70. The fourth-order valence-electron chi connectivity index (χ4n) is 5.39. The van der Waals surface area contributed by atoms with Crippen molar-refractivity contribution in [3.05, 3.63) is 30.1 Å². The van der Waals surface area contributed by atoms with Gasteiger partial charge in [-0.15, -0.1) is 0 Å². The van der Waals surface area contributed by atoms with Gasteiger partial charge in [0.2, 0.25) is 0 Å². The Kier molecular flexibility index (Phi) is 7.18. The predicted molar refractivity (Wildman–Crippen MR) is 125 cm³/mol. The van der Waals surface area contributed by atoms with Crippen LogP contribution in [-0.4, -0.2) is 62.7 Å². The number of nitrogens with one attached hydrogen (secondary N) is 2. The number of likely N-dealkylation sites (tertiary alicyclic amines) is 1. The Balaban J connectivity index is 1.71. The van der Waals surface area contributed by atoms with E-state index in [1.807, 2.05) is 18.5 Å². The largest absolute Gasteiger partial charge is 0.360 e. The summed E-state index contributed by atoms with van der Waals surface area (Å²) in [6, 6.07) is 5.12. The molecule has 2 fully saturated rings. The third-order valence-electron chi connectivity index (χ3n) is 6.24. The van der Waals surface area contributed by atoms with Crippen LogP contribution in [0.5, 0.6) is 0 Å². The van der Waals surface area contributed by atoms with E-state index in [9.17, 15) is 0 Å². The maximum Gasteiger partial charge on any atom is 0.169 e. The first-order valence-electron chi connectivity index (χ1n) is 11.2. The number of likely N-dealkylation sites (N-methyl/N-ethyl adjacent to an activating group) is 1. The molecule has 2 saturated heterocycles. The van der Waals surface area contributed by atoms with Crippen molar-refractivity contribution in [1.82, 2.24) is 25.4 Å². The molecule has 3 heterocycles. The van der Waals surface area contributed by atoms with Crippen LogP contribution in [0.25, 0.3) is 0 Å². The number of rotatable bonds is 6. The minimum atomic E-state index is 0.105. The number of thiocarbonyl (C=S) groups is 1. The van der Waals surface area contributed by atoms with Crippen molar-refractivity contribution in [2.45, 2.75) is 90.0 Å². The highest BCUT2D eigenvalue weighted by molar-refractivity contribution is 7.80. The molecule has 1 aromatic heterocycles. The monoisotopic (exact) mass is 417 g/mol. The molecule has 6 heteroatoms. The first-order valence-corrected chi connectivity index (χ1v) is 11.6. The first kappa shape index (κ1) is 22.4. The van der Waals surface area contributed by atoms with Gasteiger partial charge in [0.05, 0.1) is 0 Å². The quantitative estimate of drug-likeness (QED) is 0.690. The van der Waals surface area contributed by atoms with E-state index in [2.05, 4.69) is 66.1 Å². The van der Waals surface area contributed by atoms with Gasteiger partial charge < -0.3 is 15.5 Å². The Hall–Kier alpha value is -1.24. The summed E-state index contributed by atoms with van der Waals surface area (Å²) in [5.74, 6) is 0. The highest BCUT2D eigenvalue weighted by atomic mass is 32.1. The minimum absolute atomic E-state index is 0.105. The molecule has 0 radical (unpaired) electrons. The SMILES string of the molecule is CCN1CCC[C@@H]1CN(Cc1cccnc1)C(=S)NC1CC(C)(C)NC(C)(C)C1. The van der Waals surface area contributed by atoms with E-state index in [-0.39, 0.29) is 11.1 Å². The van der Waals surface area contributed by atoms with Crippen molar-refractivity contribution in [3.8, 4) is 0 Å². The van der Waals surface area contributed by atoms with Crippen molar-refractivity contribution < 1.29 is 0 Å². The third-order valence-corrected chi connectivity index (χ3v) is 6.61. The lowest BCUT2D eigenvalue weighted by atomic mass is 9.80. The molecule has 2 aliphatic rings. The van der Waals surface area contributed by atoms with E-state index in [1.165, 1.54) is 24.9 Å². The van der Waals surface area contributed by atoms with Crippen LogP contribution < -0.4 is 10.6 Å². The third kappa shape index (κ3) is 6.37. The Morgan fingerprint density at radius 3 is 2.66 bits per heavy atom. The maximum atomic E-state index is 5.97. The lowest BCUT2D eigenvalue weighted by Gasteiger charge is -2.47. The molecule has 1 atom stereocenters. The summed E-state index contributed by atoms with van der Waals surface area (Å²) in [5, 5.41) is 8.38. The molecular formula is C23H39N5S. The number of piperidine rings is 1. The molecule has 0 spiro atoms. The molecule has 3 rings (SSSR count). The normalized spacial score (nSPS) is 24.4. The number of hydrogen-bond acceptors (Lipinski definition) is 4. The average molecular weight is 418 g/mol. The zero-order valence-corrected chi connectivity index (χ0v) is 19.7. The van der Waals surface area contributed by atoms with Crippen LogP contribution in [0.3, 0.4) is 0 Å². The topological polar surface area (TPSA) is 43.4 Å². The van der Waals surface area contributed by atoms with Crippen LogP contribution in [0.1, 0.15) is 65.9 Å². The summed E-state index contributed by atoms with van der Waals surface area (Å²) in [6.45, 7) is 15.5. The van der Waals surface area contributed by atoms with E-state index >= 15 is 0 Å². The van der Waals surface area contributed by atoms with Gasteiger partial charge in [0.15, 0.2) is 5.11 Å². The van der Waals surface area contributed by atoms with Gasteiger partial charge in [0, 0.05) is 48.6 Å². The molecule has 29 heavy (non-hydrogen) atoms. The smallest absolute Gasteiger partial charge is 0.169 e. The molecular weight excluding hydrogens is 378 g/mol. The van der Waals surface area contributed by atoms with E-state index in [0.29, 0.717) is 12.1 Å². The van der Waals surface area contributed by atoms with Gasteiger partial charge in [0.25, 0.3) is 0 Å². The Morgan fingerprint density at radius 2 is 2.03 bits per heavy atom. The summed E-state index contributed by atoms with van der Waals surface area (Å²) < 4.78 is 0. The molecule has 5 nitrogen and oxygen atoms in total. The fraction of sp³-hybridized carbons (Fsp3) is 0.739. The second kappa shape index (κ2) is 9.27. The number of hydrogen-bond donors (Lipinski definition) is 2. The second-order valence-corrected chi connectivity index (χ2v) is 10.5. The van der Waals surface area contributed by atoms with Gasteiger partial charge in [-0.2, -0.15) is 0 Å². The van der Waals surface area contributed by atoms with Gasteiger partial charge in [-0.05, 0) is 90.3 Å². The predicted octanol–water partition coefficient (Wildman–Crippen LogP) is 3.55. The molecule has 2 aliphatic heterocycles. The molecule has 2 N–H and O–H groups in total. The number of aromatic nitrogens is 1. The highest BCUT2D eigenvalue weighted by Crippen LogP contribution is 2.29. The van der Waals surface area contributed by atoms with Gasteiger partial charge >= 0.3 is 0 Å². The Labute approximate surface area is 182 Å². The Bertz CT molecular complexity index is 659. The number of nitrogens with zero attached hydrogens (tertiary/aromatic N) is 3. The lowest BCUT2D eigenvalue weighted by Crippen LogP contribution is -2.63. The van der Waals surface area contributed by atoms with Crippen LogP contribution in [0.15, 0.2) is 24.5 Å². The Morgan fingerprint density at radius 1 is 1.31 bits per heavy atom. The summed E-state index contributed by atoms with van der Waals surface area (Å²) in [5.41, 5.74) is 1.42. The van der Waals surface area contributed by atoms with Crippen molar-refractivity contribution in [3.63, 3.8) is 0 Å². The van der Waals surface area contributed by atoms with Crippen LogP contribution in [0, 0.1) is 0 Å². The lowest BCUT2D eigenvalue weighted by molar-refractivity contribution is 0.152. The van der Waals surface area contributed by atoms with E-state index in [0.717, 1.165) is 37.6 Å². The van der Waals surface area contributed by atoms with Crippen molar-refractivity contribution >= 4 is 17.3 Å². The molecule has 0 bridgehead atoms. The van der Waals surface area contributed by atoms with Crippen molar-refractivity contribution in [2.24, 2.45) is 0 Å². The van der Waals surface area contributed by atoms with Gasteiger partial charge in [-0.3, -0.25) is 9.88 Å². The van der Waals surface area contributed by atoms with E-state index in [1.54, 1.807) is 0 Å². The van der Waals surface area contributed by atoms with Crippen LogP contribution >= 0.6 is 12.2 Å². The van der Waals surface area contributed by atoms with Crippen LogP contribution in [0.2, 0.25) is 0 Å². The molecule has 0 amide bonds. The van der Waals surface area contributed by atoms with Crippen molar-refractivity contribution in [1.29, 1.82) is 0 Å². The van der Waals surface area contributed by atoms with Crippen molar-refractivity contribution in [2.75, 3.05) is 19.6 Å². The second-order valence-electron chi connectivity index (χ2n) is 10.1. The average Bonchev–Trinajstić information content (AvgIpc) is 3.06. The van der Waals surface area contributed by atoms with E-state index in [4.69, 9.17) is 12.2 Å². The zero-order valence-electron chi connectivity index (χ0n) is 18.9. The first-order chi connectivity index (χ1) is 13.7. The summed E-state index contributed by atoms with van der Waals surface area (Å²) in [6.07, 6.45) is 8.48. The van der Waals surface area contributed by atoms with E-state index < -0.39 is 0 Å². The van der Waals surface area contributed by atoms with Gasteiger partial charge in [-0.1, -0.05) is 13.0 Å². The van der Waals surface area contributed by atoms with Crippen LogP contribution in [0.4, 0.5) is 0 Å². The summed E-state index contributed by atoms with van der Waals surface area (Å²) in [7, 11) is 0. The summed E-state index contributed by atoms with van der Waals surface area (Å²) >= 11 is 5.97. The zero-order chi connectivity index (χ0) is 21.1. The highest BCUT2D eigenvalue weighted by Gasteiger charge is 2.38. The van der Waals surface area contributed by atoms with Gasteiger partial charge in [-0.25, -0.2) is 0 Å². The molecule has 0 saturated carbocycles. The standard InChI is InChI=1S/C23H39N5S/c1-6-27-12-8-10-20(27)17-28(16-18-9-7-11-24-15-18)21(29)25-19-13-22(2,3)26-23(4,5)14-19/h7,9,11,15,19-20,26H,6,8,10,12-14,16-17H2,1-5H3,(H,25,29)/t20-/m1/s1. The molecule has 0 aromatic carbocycles. The summed E-state index contributed by atoms with van der Waals surface area (Å²) in [4.78, 5) is 9.27. The van der Waals surface area contributed by atoms with Crippen LogP contribution in [-0.2, 0) is 6.54 Å².